The van der Waals surface area contributed by atoms with Crippen LogP contribution in [0, 0.1) is 11.2 Å². The first-order valence-corrected chi connectivity index (χ1v) is 13.0. The molecule has 12 heteroatoms. The van der Waals surface area contributed by atoms with Crippen molar-refractivity contribution in [1.82, 2.24) is 25.5 Å². The number of rotatable bonds is 6. The van der Waals surface area contributed by atoms with E-state index in [-0.39, 0.29) is 34.2 Å². The lowest BCUT2D eigenvalue weighted by Crippen LogP contribution is -2.53. The Balaban J connectivity index is 1.52. The second-order valence-electron chi connectivity index (χ2n) is 10.6. The third-order valence-corrected chi connectivity index (χ3v) is 7.13. The Labute approximate surface area is 235 Å². The Morgan fingerprint density at radius 2 is 1.90 bits per heavy atom. The quantitative estimate of drug-likeness (QED) is 0.345. The minimum Gasteiger partial charge on any atom is -0.465 e. The molecule has 10 nitrogen and oxygen atoms in total. The fraction of sp³-hybridized carbons (Fsp3) is 0.321. The van der Waals surface area contributed by atoms with Gasteiger partial charge in [-0.2, -0.15) is 0 Å². The highest BCUT2D eigenvalue weighted by atomic mass is 35.5. The highest BCUT2D eigenvalue weighted by Crippen LogP contribution is 2.33. The van der Waals surface area contributed by atoms with Gasteiger partial charge in [-0.25, -0.2) is 19.2 Å². The van der Waals surface area contributed by atoms with Crippen molar-refractivity contribution < 1.29 is 23.9 Å². The maximum absolute atomic E-state index is 14.1. The van der Waals surface area contributed by atoms with Crippen molar-refractivity contribution in [1.29, 1.82) is 0 Å². The van der Waals surface area contributed by atoms with Crippen LogP contribution in [0.5, 0.6) is 0 Å². The zero-order valence-corrected chi connectivity index (χ0v) is 23.0. The Morgan fingerprint density at radius 1 is 1.18 bits per heavy atom. The Bertz CT molecular complexity index is 1440. The third kappa shape index (κ3) is 6.15. The molecule has 2 atom stereocenters. The van der Waals surface area contributed by atoms with Gasteiger partial charge in [-0.15, -0.1) is 0 Å². The van der Waals surface area contributed by atoms with Gasteiger partial charge in [0, 0.05) is 34.8 Å². The molecule has 3 amide bonds. The molecule has 210 valence electrons. The normalized spacial score (nSPS) is 17.0. The summed E-state index contributed by atoms with van der Waals surface area (Å²) in [4.78, 5) is 47.7. The molecule has 0 spiro atoms. The molecule has 1 fully saturated rings. The fourth-order valence-corrected chi connectivity index (χ4v) is 5.19. The van der Waals surface area contributed by atoms with Crippen LogP contribution in [0.1, 0.15) is 53.6 Å². The van der Waals surface area contributed by atoms with E-state index in [0.717, 1.165) is 0 Å². The number of likely N-dealkylation sites (tertiary alicyclic amines) is 1. The topological polar surface area (TPSA) is 151 Å². The lowest BCUT2D eigenvalue weighted by molar-refractivity contribution is 0.0823. The van der Waals surface area contributed by atoms with Crippen LogP contribution < -0.4 is 16.4 Å². The van der Waals surface area contributed by atoms with Crippen LogP contribution in [-0.4, -0.2) is 56.5 Å². The second-order valence-corrected chi connectivity index (χ2v) is 11.0. The summed E-state index contributed by atoms with van der Waals surface area (Å²) in [7, 11) is 0. The van der Waals surface area contributed by atoms with Crippen molar-refractivity contribution in [3.8, 4) is 11.3 Å². The van der Waals surface area contributed by atoms with Gasteiger partial charge in [-0.05, 0) is 36.1 Å². The number of nitrogens with zero attached hydrogens (tertiary/aromatic N) is 3. The van der Waals surface area contributed by atoms with E-state index in [1.54, 1.807) is 30.3 Å². The summed E-state index contributed by atoms with van der Waals surface area (Å²) in [5, 5.41) is 15.4. The van der Waals surface area contributed by atoms with E-state index in [1.165, 1.54) is 23.2 Å². The Hall–Kier alpha value is -4.25. The second kappa shape index (κ2) is 11.5. The summed E-state index contributed by atoms with van der Waals surface area (Å²) in [6.07, 6.45) is 0.795. The van der Waals surface area contributed by atoms with Crippen LogP contribution in [0.3, 0.4) is 0 Å². The smallest absolute Gasteiger partial charge is 0.407 e. The average Bonchev–Trinajstić information content (AvgIpc) is 3.33. The number of nitrogens with one attached hydrogen (secondary N) is 2. The summed E-state index contributed by atoms with van der Waals surface area (Å²) in [6, 6.07) is 9.89. The van der Waals surface area contributed by atoms with Gasteiger partial charge in [0.25, 0.3) is 11.8 Å². The fourth-order valence-electron chi connectivity index (χ4n) is 4.96. The van der Waals surface area contributed by atoms with Crippen molar-refractivity contribution >= 4 is 35.3 Å². The molecule has 0 radical (unpaired) electrons. The first-order valence-electron chi connectivity index (χ1n) is 12.6. The van der Waals surface area contributed by atoms with Crippen LogP contribution >= 0.6 is 11.6 Å². The van der Waals surface area contributed by atoms with Gasteiger partial charge < -0.3 is 26.4 Å². The average molecular weight is 569 g/mol. The zero-order valence-electron chi connectivity index (χ0n) is 22.2. The van der Waals surface area contributed by atoms with Gasteiger partial charge in [0.2, 0.25) is 0 Å². The van der Waals surface area contributed by atoms with Crippen molar-refractivity contribution in [2.45, 2.75) is 45.8 Å². The highest BCUT2D eigenvalue weighted by Gasteiger charge is 2.44. The first kappa shape index (κ1) is 28.8. The molecule has 1 aliphatic rings. The standard InChI is InChI=1S/C28H30ClFN6O4/c1-28(2,3)23-20(10-11-36(23)27(39)40)35-26(38)22-24(31)32-14-21(34-22)15-6-4-7-16(12-15)25(37)33-13-17-18(29)8-5-9-19(17)30/h4-9,12,14,20,23H,10-11,13H2,1-3H3,(H2,31,32)(H,33,37)(H,35,38)(H,39,40)/t20-,23?/m0/s1. The van der Waals surface area contributed by atoms with Crippen molar-refractivity contribution in [2.75, 3.05) is 12.3 Å². The van der Waals surface area contributed by atoms with Crippen molar-refractivity contribution in [2.24, 2.45) is 5.41 Å². The first-order chi connectivity index (χ1) is 18.9. The molecule has 4 rings (SSSR count). The largest absolute Gasteiger partial charge is 0.465 e. The van der Waals surface area contributed by atoms with Crippen LogP contribution in [-0.2, 0) is 6.54 Å². The molecule has 1 saturated heterocycles. The molecule has 2 heterocycles. The van der Waals surface area contributed by atoms with Crippen LogP contribution in [0.25, 0.3) is 11.3 Å². The molecule has 1 aliphatic heterocycles. The molecule has 0 saturated carbocycles. The summed E-state index contributed by atoms with van der Waals surface area (Å²) < 4.78 is 14.1. The summed E-state index contributed by atoms with van der Waals surface area (Å²) >= 11 is 6.04. The molecule has 3 aromatic rings. The van der Waals surface area contributed by atoms with Crippen LogP contribution in [0.2, 0.25) is 5.02 Å². The molecule has 2 aromatic carbocycles. The SMILES string of the molecule is CC(C)(C)C1[C@@H](NC(=O)c2nc(-c3cccc(C(=O)NCc4c(F)cccc4Cl)c3)cnc2N)CCN1C(=O)O. The molecular formula is C28H30ClFN6O4. The van der Waals surface area contributed by atoms with E-state index in [4.69, 9.17) is 17.3 Å². The molecular weight excluding hydrogens is 539 g/mol. The summed E-state index contributed by atoms with van der Waals surface area (Å²) in [5.41, 5.74) is 6.72. The predicted molar refractivity (Wildman–Crippen MR) is 148 cm³/mol. The number of benzene rings is 2. The number of anilines is 1. The van der Waals surface area contributed by atoms with Crippen molar-refractivity contribution in [3.63, 3.8) is 0 Å². The number of nitrogen functional groups attached to an aromatic ring is 1. The van der Waals surface area contributed by atoms with Gasteiger partial charge in [-0.1, -0.05) is 50.6 Å². The van der Waals surface area contributed by atoms with E-state index in [2.05, 4.69) is 20.6 Å². The van der Waals surface area contributed by atoms with E-state index in [9.17, 15) is 23.9 Å². The van der Waals surface area contributed by atoms with Crippen molar-refractivity contribution in [3.05, 3.63) is 76.3 Å². The molecule has 0 aliphatic carbocycles. The minimum absolute atomic E-state index is 0.0858. The number of aromatic nitrogens is 2. The molecule has 0 bridgehead atoms. The number of nitrogens with two attached hydrogens (primary N) is 1. The number of halogens is 2. The van der Waals surface area contributed by atoms with Gasteiger partial charge >= 0.3 is 6.09 Å². The van der Waals surface area contributed by atoms with E-state index < -0.39 is 41.2 Å². The monoisotopic (exact) mass is 568 g/mol. The van der Waals surface area contributed by atoms with E-state index in [0.29, 0.717) is 24.2 Å². The van der Waals surface area contributed by atoms with Gasteiger partial charge in [0.05, 0.1) is 24.0 Å². The summed E-state index contributed by atoms with van der Waals surface area (Å²) in [6.45, 7) is 5.95. The molecule has 1 aromatic heterocycles. The lowest BCUT2D eigenvalue weighted by Gasteiger charge is -2.37. The number of hydrogen-bond donors (Lipinski definition) is 4. The maximum Gasteiger partial charge on any atom is 0.407 e. The van der Waals surface area contributed by atoms with Crippen LogP contribution in [0.4, 0.5) is 15.0 Å². The predicted octanol–water partition coefficient (Wildman–Crippen LogP) is 4.35. The molecule has 5 N–H and O–H groups in total. The molecule has 1 unspecified atom stereocenters. The van der Waals surface area contributed by atoms with Gasteiger partial charge in [0.15, 0.2) is 11.5 Å². The van der Waals surface area contributed by atoms with E-state index >= 15 is 0 Å². The number of carbonyl (C=O) groups is 3. The Morgan fingerprint density at radius 3 is 2.58 bits per heavy atom. The minimum atomic E-state index is -1.04. The zero-order chi connectivity index (χ0) is 29.2. The maximum atomic E-state index is 14.1. The van der Waals surface area contributed by atoms with Gasteiger partial charge in [-0.3, -0.25) is 9.59 Å². The third-order valence-electron chi connectivity index (χ3n) is 6.77. The summed E-state index contributed by atoms with van der Waals surface area (Å²) in [5.74, 6) is -1.64. The Kier molecular flexibility index (Phi) is 8.24. The van der Waals surface area contributed by atoms with Crippen LogP contribution in [0.15, 0.2) is 48.7 Å². The number of amides is 3. The van der Waals surface area contributed by atoms with Gasteiger partial charge in [0.1, 0.15) is 5.82 Å². The number of hydrogen-bond acceptors (Lipinski definition) is 6. The molecule has 40 heavy (non-hydrogen) atoms. The lowest BCUT2D eigenvalue weighted by atomic mass is 9.82. The van der Waals surface area contributed by atoms with E-state index in [1.807, 2.05) is 20.8 Å². The number of carbonyl (C=O) groups excluding carboxylic acids is 2. The number of carboxylic acid groups (broad SMARTS) is 1. The highest BCUT2D eigenvalue weighted by molar-refractivity contribution is 6.31.